The van der Waals surface area contributed by atoms with E-state index in [0.717, 1.165) is 11.3 Å². The fourth-order valence-electron chi connectivity index (χ4n) is 2.74. The maximum Gasteiger partial charge on any atom is 0.259 e. The summed E-state index contributed by atoms with van der Waals surface area (Å²) >= 11 is 0. The number of fused-ring (bicyclic) bond motifs is 1. The Balaban J connectivity index is 2.04. The second-order valence-electron chi connectivity index (χ2n) is 5.41. The number of benzene rings is 2. The molecule has 0 spiro atoms. The summed E-state index contributed by atoms with van der Waals surface area (Å²) in [5, 5.41) is 0. The molecule has 1 aliphatic heterocycles. The molecule has 5 heteroatoms. The quantitative estimate of drug-likeness (QED) is 0.926. The molecule has 1 atom stereocenters. The van der Waals surface area contributed by atoms with Crippen LogP contribution >= 0.6 is 0 Å². The SMILES string of the molecule is CCN(C(=O)c1ccccc1)C1=NC(N)N(C)c2ccccc21. The van der Waals surface area contributed by atoms with Gasteiger partial charge in [0.05, 0.1) is 5.69 Å². The molecule has 1 aliphatic rings. The average Bonchev–Trinajstić information content (AvgIpc) is 2.60. The number of anilines is 1. The van der Waals surface area contributed by atoms with Crippen molar-refractivity contribution in [2.24, 2.45) is 10.7 Å². The molecule has 2 N–H and O–H groups in total. The first-order chi connectivity index (χ1) is 11.1. The molecular formula is C18H20N4O. The van der Waals surface area contributed by atoms with Crippen molar-refractivity contribution in [1.82, 2.24) is 4.90 Å². The Morgan fingerprint density at radius 3 is 2.52 bits per heavy atom. The normalized spacial score (nSPS) is 16.6. The topological polar surface area (TPSA) is 61.9 Å². The van der Waals surface area contributed by atoms with Crippen LogP contribution in [0.5, 0.6) is 0 Å². The van der Waals surface area contributed by atoms with Gasteiger partial charge in [-0.15, -0.1) is 0 Å². The van der Waals surface area contributed by atoms with E-state index in [2.05, 4.69) is 4.99 Å². The van der Waals surface area contributed by atoms with Gasteiger partial charge in [0.25, 0.3) is 5.91 Å². The molecule has 1 amide bonds. The minimum atomic E-state index is -0.502. The van der Waals surface area contributed by atoms with Crippen molar-refractivity contribution < 1.29 is 4.79 Å². The van der Waals surface area contributed by atoms with Gasteiger partial charge < -0.3 is 4.90 Å². The zero-order valence-corrected chi connectivity index (χ0v) is 13.3. The highest BCUT2D eigenvalue weighted by Gasteiger charge is 2.28. The van der Waals surface area contributed by atoms with Crippen molar-refractivity contribution in [1.29, 1.82) is 0 Å². The number of rotatable bonds is 2. The highest BCUT2D eigenvalue weighted by Crippen LogP contribution is 2.27. The molecule has 1 heterocycles. The molecule has 2 aromatic carbocycles. The van der Waals surface area contributed by atoms with E-state index in [0.29, 0.717) is 17.9 Å². The van der Waals surface area contributed by atoms with Crippen LogP contribution in [0.25, 0.3) is 0 Å². The lowest BCUT2D eigenvalue weighted by Crippen LogP contribution is -2.47. The Kier molecular flexibility index (Phi) is 4.12. The van der Waals surface area contributed by atoms with Crippen molar-refractivity contribution in [2.45, 2.75) is 13.2 Å². The summed E-state index contributed by atoms with van der Waals surface area (Å²) in [5.74, 6) is 0.556. The monoisotopic (exact) mass is 308 g/mol. The first-order valence-corrected chi connectivity index (χ1v) is 7.66. The third kappa shape index (κ3) is 2.71. The predicted molar refractivity (Wildman–Crippen MR) is 92.5 cm³/mol. The van der Waals surface area contributed by atoms with Gasteiger partial charge in [-0.1, -0.05) is 30.3 Å². The van der Waals surface area contributed by atoms with Crippen molar-refractivity contribution in [3.63, 3.8) is 0 Å². The van der Waals surface area contributed by atoms with E-state index in [9.17, 15) is 4.79 Å². The maximum absolute atomic E-state index is 12.9. The van der Waals surface area contributed by atoms with E-state index in [1.807, 2.05) is 73.5 Å². The van der Waals surface area contributed by atoms with Crippen LogP contribution in [0.1, 0.15) is 22.8 Å². The lowest BCUT2D eigenvalue weighted by molar-refractivity contribution is 0.0852. The molecule has 1 unspecified atom stereocenters. The van der Waals surface area contributed by atoms with Crippen molar-refractivity contribution >= 4 is 17.4 Å². The molecule has 0 saturated carbocycles. The van der Waals surface area contributed by atoms with Crippen LogP contribution < -0.4 is 10.6 Å². The highest BCUT2D eigenvalue weighted by atomic mass is 16.2. The Labute approximate surface area is 136 Å². The molecular weight excluding hydrogens is 288 g/mol. The van der Waals surface area contributed by atoms with E-state index >= 15 is 0 Å². The fourth-order valence-corrected chi connectivity index (χ4v) is 2.74. The van der Waals surface area contributed by atoms with Crippen LogP contribution in [-0.4, -0.2) is 36.5 Å². The first-order valence-electron chi connectivity index (χ1n) is 7.66. The standard InChI is InChI=1S/C18H20N4O/c1-3-22(17(23)13-9-5-4-6-10-13)16-14-11-7-8-12-15(14)21(2)18(19)20-16/h4-12,18H,3,19H2,1-2H3. The molecule has 0 aliphatic carbocycles. The Morgan fingerprint density at radius 1 is 1.17 bits per heavy atom. The van der Waals surface area contributed by atoms with E-state index in [4.69, 9.17) is 5.73 Å². The maximum atomic E-state index is 12.9. The van der Waals surface area contributed by atoms with E-state index in [-0.39, 0.29) is 5.91 Å². The summed E-state index contributed by atoms with van der Waals surface area (Å²) in [6, 6.07) is 17.1. The third-order valence-electron chi connectivity index (χ3n) is 4.01. The molecule has 0 fully saturated rings. The number of aliphatic imine (C=N–C) groups is 1. The summed E-state index contributed by atoms with van der Waals surface area (Å²) in [7, 11) is 1.90. The molecule has 5 nitrogen and oxygen atoms in total. The second kappa shape index (κ2) is 6.22. The Bertz CT molecular complexity index is 742. The van der Waals surface area contributed by atoms with Gasteiger partial charge in [-0.3, -0.25) is 15.4 Å². The van der Waals surface area contributed by atoms with Crippen molar-refractivity contribution in [3.05, 3.63) is 65.7 Å². The molecule has 3 rings (SSSR count). The summed E-state index contributed by atoms with van der Waals surface area (Å²) in [6.45, 7) is 2.47. The molecule has 118 valence electrons. The third-order valence-corrected chi connectivity index (χ3v) is 4.01. The van der Waals surface area contributed by atoms with Gasteiger partial charge in [0.15, 0.2) is 6.29 Å². The molecule has 2 aromatic rings. The lowest BCUT2D eigenvalue weighted by Gasteiger charge is -2.35. The summed E-state index contributed by atoms with van der Waals surface area (Å²) < 4.78 is 0. The zero-order valence-electron chi connectivity index (χ0n) is 13.3. The predicted octanol–water partition coefficient (Wildman–Crippen LogP) is 2.29. The number of carbonyl (C=O) groups excluding carboxylic acids is 1. The van der Waals surface area contributed by atoms with Crippen LogP contribution in [-0.2, 0) is 0 Å². The summed E-state index contributed by atoms with van der Waals surface area (Å²) in [6.07, 6.45) is -0.502. The van der Waals surface area contributed by atoms with Crippen LogP contribution in [0.3, 0.4) is 0 Å². The number of hydrogen-bond donors (Lipinski definition) is 1. The van der Waals surface area contributed by atoms with Crippen molar-refractivity contribution in [2.75, 3.05) is 18.5 Å². The molecule has 23 heavy (non-hydrogen) atoms. The smallest absolute Gasteiger partial charge is 0.259 e. The fraction of sp³-hybridized carbons (Fsp3) is 0.222. The van der Waals surface area contributed by atoms with Gasteiger partial charge in [-0.05, 0) is 31.2 Å². The lowest BCUT2D eigenvalue weighted by atomic mass is 10.1. The zero-order chi connectivity index (χ0) is 16.4. The van der Waals surface area contributed by atoms with Crippen LogP contribution in [0, 0.1) is 0 Å². The van der Waals surface area contributed by atoms with Crippen molar-refractivity contribution in [3.8, 4) is 0 Å². The van der Waals surface area contributed by atoms with E-state index in [1.54, 1.807) is 4.90 Å². The molecule has 0 bridgehead atoms. The van der Waals surface area contributed by atoms with Gasteiger partial charge in [0.1, 0.15) is 5.84 Å². The van der Waals surface area contributed by atoms with Gasteiger partial charge >= 0.3 is 0 Å². The van der Waals surface area contributed by atoms with Gasteiger partial charge in [0, 0.05) is 24.7 Å². The van der Waals surface area contributed by atoms with Gasteiger partial charge in [0.2, 0.25) is 0 Å². The average molecular weight is 308 g/mol. The second-order valence-corrected chi connectivity index (χ2v) is 5.41. The number of para-hydroxylation sites is 1. The molecule has 0 aromatic heterocycles. The largest absolute Gasteiger partial charge is 0.340 e. The minimum Gasteiger partial charge on any atom is -0.340 e. The number of amides is 1. The number of nitrogens with two attached hydrogens (primary N) is 1. The van der Waals surface area contributed by atoms with Crippen LogP contribution in [0.4, 0.5) is 5.69 Å². The Morgan fingerprint density at radius 2 is 1.83 bits per heavy atom. The number of hydrogen-bond acceptors (Lipinski definition) is 4. The number of amidine groups is 1. The number of nitrogens with zero attached hydrogens (tertiary/aromatic N) is 3. The first kappa shape index (κ1) is 15.2. The van der Waals surface area contributed by atoms with E-state index < -0.39 is 6.29 Å². The Hall–Kier alpha value is -2.66. The molecule has 0 saturated heterocycles. The number of carbonyl (C=O) groups is 1. The van der Waals surface area contributed by atoms with Gasteiger partial charge in [-0.2, -0.15) is 0 Å². The van der Waals surface area contributed by atoms with E-state index in [1.165, 1.54) is 0 Å². The minimum absolute atomic E-state index is 0.0709. The van der Waals surface area contributed by atoms with Crippen LogP contribution in [0.15, 0.2) is 59.6 Å². The summed E-state index contributed by atoms with van der Waals surface area (Å²) in [5.41, 5.74) is 8.65. The summed E-state index contributed by atoms with van der Waals surface area (Å²) in [4.78, 5) is 21.0. The van der Waals surface area contributed by atoms with Gasteiger partial charge in [-0.25, -0.2) is 4.99 Å². The highest BCUT2D eigenvalue weighted by molar-refractivity contribution is 6.15. The van der Waals surface area contributed by atoms with Crippen LogP contribution in [0.2, 0.25) is 0 Å². The molecule has 0 radical (unpaired) electrons.